The summed E-state index contributed by atoms with van der Waals surface area (Å²) >= 11 is 1.73. The number of hydrogen-bond acceptors (Lipinski definition) is 10. The van der Waals surface area contributed by atoms with Crippen LogP contribution in [0, 0.1) is 0 Å². The number of carbonyl (C=O) groups excluding carboxylic acids is 4. The molecule has 5 aromatic rings. The Balaban J connectivity index is 0.822. The number of amides is 4. The SMILES string of the molecule is Nc1ncnc2c1c(-c1ccc(Oc3ccccc3)cc1)nn2C1CCCN(C(=O)CCCCCCSc2cccc3c2CN(C2CCC(=O)NC2=O)C3=O)C1. The molecule has 5 heterocycles. The van der Waals surface area contributed by atoms with Gasteiger partial charge in [0.2, 0.25) is 17.7 Å². The van der Waals surface area contributed by atoms with Gasteiger partial charge in [0, 0.05) is 48.5 Å². The first kappa shape index (κ1) is 37.2. The molecule has 0 bridgehead atoms. The number of fused-ring (bicyclic) bond motifs is 2. The summed E-state index contributed by atoms with van der Waals surface area (Å²) < 4.78 is 7.91. The average molecular weight is 773 g/mol. The number of aromatic nitrogens is 4. The van der Waals surface area contributed by atoms with E-state index >= 15 is 0 Å². The number of nitrogens with zero attached hydrogens (tertiary/aromatic N) is 6. The summed E-state index contributed by atoms with van der Waals surface area (Å²) in [5.41, 5.74) is 10.2. The number of carbonyl (C=O) groups is 4. The fraction of sp³-hybridized carbons (Fsp3) is 0.357. The minimum absolute atomic E-state index is 0.0400. The van der Waals surface area contributed by atoms with Gasteiger partial charge in [-0.3, -0.25) is 24.5 Å². The van der Waals surface area contributed by atoms with Gasteiger partial charge in [0.25, 0.3) is 5.91 Å². The standard InChI is InChI=1S/C42H44N8O5S/c43-39-37-38(27-16-18-30(19-17-27)55-29-11-4-3-5-12-29)47-50(40(37)45-26-44-39)28-10-9-22-48(24-28)36(52)15-6-1-2-7-23-56-34-14-8-13-31-32(34)25-49(42(31)54)33-20-21-35(51)46-41(33)53/h3-5,8,11-14,16-19,26,28,33H,1-2,6-7,9-10,15,20-25H2,(H2,43,44,45)(H,46,51,53). The van der Waals surface area contributed by atoms with E-state index in [1.165, 1.54) is 6.33 Å². The monoisotopic (exact) mass is 772 g/mol. The molecule has 14 heteroatoms. The van der Waals surface area contributed by atoms with Crippen LogP contribution in [0.4, 0.5) is 5.82 Å². The quantitative estimate of drug-likeness (QED) is 0.0763. The summed E-state index contributed by atoms with van der Waals surface area (Å²) in [5.74, 6) is 2.05. The number of likely N-dealkylation sites (tertiary alicyclic amines) is 1. The van der Waals surface area contributed by atoms with Crippen molar-refractivity contribution in [3.63, 3.8) is 0 Å². The van der Waals surface area contributed by atoms with Crippen LogP contribution in [0.1, 0.15) is 79.8 Å². The highest BCUT2D eigenvalue weighted by atomic mass is 32.2. The molecule has 56 heavy (non-hydrogen) atoms. The lowest BCUT2D eigenvalue weighted by molar-refractivity contribution is -0.137. The van der Waals surface area contributed by atoms with Crippen LogP contribution in [-0.2, 0) is 20.9 Å². The Kier molecular flexibility index (Phi) is 11.0. The smallest absolute Gasteiger partial charge is 0.255 e. The molecule has 2 aromatic heterocycles. The summed E-state index contributed by atoms with van der Waals surface area (Å²) in [6, 6.07) is 22.4. The van der Waals surface area contributed by atoms with E-state index in [0.717, 1.165) is 72.6 Å². The molecule has 0 radical (unpaired) electrons. The van der Waals surface area contributed by atoms with Crippen LogP contribution in [0.5, 0.6) is 11.5 Å². The number of ether oxygens (including phenoxy) is 1. The molecule has 0 spiro atoms. The summed E-state index contributed by atoms with van der Waals surface area (Å²) in [6.07, 6.45) is 8.07. The summed E-state index contributed by atoms with van der Waals surface area (Å²) in [5, 5.41) is 8.10. The van der Waals surface area contributed by atoms with Crippen LogP contribution in [0.2, 0.25) is 0 Å². The highest BCUT2D eigenvalue weighted by molar-refractivity contribution is 7.99. The summed E-state index contributed by atoms with van der Waals surface area (Å²) in [6.45, 7) is 1.66. The van der Waals surface area contributed by atoms with Crippen molar-refractivity contribution < 1.29 is 23.9 Å². The van der Waals surface area contributed by atoms with E-state index in [-0.39, 0.29) is 30.2 Å². The number of benzene rings is 3. The Labute approximate surface area is 329 Å². The van der Waals surface area contributed by atoms with E-state index in [0.29, 0.717) is 59.8 Å². The Morgan fingerprint density at radius 1 is 0.911 bits per heavy atom. The molecule has 2 fully saturated rings. The zero-order valence-corrected chi connectivity index (χ0v) is 31.9. The second-order valence-electron chi connectivity index (χ2n) is 14.5. The van der Waals surface area contributed by atoms with Crippen molar-refractivity contribution >= 4 is 52.2 Å². The van der Waals surface area contributed by atoms with Gasteiger partial charge in [0.05, 0.1) is 11.4 Å². The normalized spacial score (nSPS) is 18.3. The van der Waals surface area contributed by atoms with Crippen LogP contribution in [0.25, 0.3) is 22.3 Å². The Morgan fingerprint density at radius 2 is 1.71 bits per heavy atom. The van der Waals surface area contributed by atoms with Gasteiger partial charge in [0.1, 0.15) is 35.4 Å². The van der Waals surface area contributed by atoms with Crippen molar-refractivity contribution in [2.75, 3.05) is 24.6 Å². The largest absolute Gasteiger partial charge is 0.457 e. The number of anilines is 1. The van der Waals surface area contributed by atoms with Gasteiger partial charge in [-0.05, 0) is 92.0 Å². The molecule has 2 atom stereocenters. The number of para-hydroxylation sites is 1. The molecule has 0 aliphatic carbocycles. The average Bonchev–Trinajstić information content (AvgIpc) is 3.77. The van der Waals surface area contributed by atoms with Gasteiger partial charge in [0.15, 0.2) is 5.65 Å². The van der Waals surface area contributed by atoms with Crippen molar-refractivity contribution in [3.8, 4) is 22.8 Å². The third kappa shape index (κ3) is 7.83. The first-order chi connectivity index (χ1) is 27.3. The molecule has 288 valence electrons. The number of nitrogens with one attached hydrogen (secondary N) is 1. The molecule has 3 aromatic carbocycles. The van der Waals surface area contributed by atoms with Gasteiger partial charge in [-0.15, -0.1) is 11.8 Å². The van der Waals surface area contributed by atoms with Gasteiger partial charge >= 0.3 is 0 Å². The molecule has 4 amide bonds. The van der Waals surface area contributed by atoms with E-state index < -0.39 is 11.9 Å². The topological polar surface area (TPSA) is 166 Å². The maximum atomic E-state index is 13.4. The van der Waals surface area contributed by atoms with Gasteiger partial charge < -0.3 is 20.3 Å². The molecule has 0 saturated carbocycles. The first-order valence-electron chi connectivity index (χ1n) is 19.3. The van der Waals surface area contributed by atoms with Gasteiger partial charge in [-0.1, -0.05) is 37.1 Å². The van der Waals surface area contributed by atoms with Crippen LogP contribution in [0.3, 0.4) is 0 Å². The lowest BCUT2D eigenvalue weighted by Gasteiger charge is -2.33. The molecule has 2 saturated heterocycles. The highest BCUT2D eigenvalue weighted by Gasteiger charge is 2.40. The van der Waals surface area contributed by atoms with Crippen molar-refractivity contribution in [2.24, 2.45) is 0 Å². The Morgan fingerprint density at radius 3 is 2.54 bits per heavy atom. The molecule has 3 aliphatic heterocycles. The van der Waals surface area contributed by atoms with E-state index in [1.54, 1.807) is 16.7 Å². The van der Waals surface area contributed by atoms with Crippen molar-refractivity contribution in [3.05, 3.63) is 90.3 Å². The minimum atomic E-state index is -0.619. The van der Waals surface area contributed by atoms with Crippen LogP contribution < -0.4 is 15.8 Å². The predicted octanol–water partition coefficient (Wildman–Crippen LogP) is 6.54. The van der Waals surface area contributed by atoms with Crippen LogP contribution in [-0.4, -0.2) is 78.1 Å². The highest BCUT2D eigenvalue weighted by Crippen LogP contribution is 2.37. The van der Waals surface area contributed by atoms with Crippen LogP contribution >= 0.6 is 11.8 Å². The number of imide groups is 1. The molecule has 3 N–H and O–H groups in total. The minimum Gasteiger partial charge on any atom is -0.457 e. The van der Waals surface area contributed by atoms with Gasteiger partial charge in [-0.2, -0.15) is 5.10 Å². The lowest BCUT2D eigenvalue weighted by atomic mass is 10.0. The molecular formula is C42H44N8O5S. The molecule has 2 unspecified atom stereocenters. The number of rotatable bonds is 13. The third-order valence-electron chi connectivity index (χ3n) is 10.8. The maximum Gasteiger partial charge on any atom is 0.255 e. The third-order valence-corrected chi connectivity index (χ3v) is 12.0. The fourth-order valence-electron chi connectivity index (χ4n) is 7.90. The molecular weight excluding hydrogens is 729 g/mol. The van der Waals surface area contributed by atoms with E-state index in [1.807, 2.05) is 82.4 Å². The number of piperidine rings is 2. The number of unbranched alkanes of at least 4 members (excludes halogenated alkanes) is 3. The number of nitrogen functional groups attached to an aromatic ring is 1. The van der Waals surface area contributed by atoms with Crippen molar-refractivity contribution in [1.29, 1.82) is 0 Å². The number of thioether (sulfide) groups is 1. The van der Waals surface area contributed by atoms with Crippen molar-refractivity contribution in [2.45, 2.75) is 81.3 Å². The first-order valence-corrected chi connectivity index (χ1v) is 20.3. The van der Waals surface area contributed by atoms with E-state index in [9.17, 15) is 19.2 Å². The number of nitrogens with two attached hydrogens (primary N) is 1. The second-order valence-corrected chi connectivity index (χ2v) is 15.7. The Bertz CT molecular complexity index is 2260. The zero-order valence-electron chi connectivity index (χ0n) is 31.1. The molecule has 8 rings (SSSR count). The summed E-state index contributed by atoms with van der Waals surface area (Å²) in [4.78, 5) is 64.1. The molecule has 3 aliphatic rings. The van der Waals surface area contributed by atoms with Crippen molar-refractivity contribution in [1.82, 2.24) is 34.9 Å². The van der Waals surface area contributed by atoms with E-state index in [2.05, 4.69) is 15.3 Å². The summed E-state index contributed by atoms with van der Waals surface area (Å²) in [7, 11) is 0. The zero-order chi connectivity index (χ0) is 38.6. The fourth-order valence-corrected chi connectivity index (χ4v) is 8.99. The molecule has 13 nitrogen and oxygen atoms in total. The maximum absolute atomic E-state index is 13.4. The Hall–Kier alpha value is -5.76. The predicted molar refractivity (Wildman–Crippen MR) is 213 cm³/mol. The van der Waals surface area contributed by atoms with E-state index in [4.69, 9.17) is 15.6 Å². The van der Waals surface area contributed by atoms with Gasteiger partial charge in [-0.25, -0.2) is 14.6 Å². The van der Waals surface area contributed by atoms with Crippen LogP contribution in [0.15, 0.2) is 84.0 Å². The second kappa shape index (κ2) is 16.5. The lowest BCUT2D eigenvalue weighted by Crippen LogP contribution is -2.52. The number of hydrogen-bond donors (Lipinski definition) is 2.